The summed E-state index contributed by atoms with van der Waals surface area (Å²) < 4.78 is 33.2. The van der Waals surface area contributed by atoms with Gasteiger partial charge >= 0.3 is 0 Å². The second kappa shape index (κ2) is 9.76. The van der Waals surface area contributed by atoms with Gasteiger partial charge in [-0.15, -0.1) is 0 Å². The van der Waals surface area contributed by atoms with E-state index in [1.165, 1.54) is 0 Å². The molecule has 0 saturated carbocycles. The molecule has 0 aromatic heterocycles. The van der Waals surface area contributed by atoms with Gasteiger partial charge in [0, 0.05) is 12.1 Å². The molecule has 4 N–H and O–H groups in total. The van der Waals surface area contributed by atoms with E-state index in [1.54, 1.807) is 52.1 Å². The summed E-state index contributed by atoms with van der Waals surface area (Å²) in [5.41, 5.74) is 7.11. The molecule has 0 aliphatic heterocycles. The SMILES string of the molecule is COc1ccc(CCNC(N)=NCc2ccccc2S(=O)(=O)NC(C)(C)C)cc1. The van der Waals surface area contributed by atoms with Crippen LogP contribution in [-0.4, -0.2) is 33.6 Å². The second-order valence-electron chi connectivity index (χ2n) is 7.69. The molecular formula is C21H30N4O3S. The van der Waals surface area contributed by atoms with Crippen molar-refractivity contribution in [2.45, 2.75) is 44.2 Å². The van der Waals surface area contributed by atoms with Crippen LogP contribution in [0.25, 0.3) is 0 Å². The molecular weight excluding hydrogens is 388 g/mol. The molecule has 0 heterocycles. The van der Waals surface area contributed by atoms with Crippen LogP contribution in [0.2, 0.25) is 0 Å². The highest BCUT2D eigenvalue weighted by molar-refractivity contribution is 7.89. The molecule has 0 spiro atoms. The number of nitrogens with one attached hydrogen (secondary N) is 2. The minimum Gasteiger partial charge on any atom is -0.497 e. The van der Waals surface area contributed by atoms with Crippen molar-refractivity contribution in [2.24, 2.45) is 10.7 Å². The van der Waals surface area contributed by atoms with Gasteiger partial charge in [-0.05, 0) is 56.5 Å². The second-order valence-corrected chi connectivity index (χ2v) is 9.34. The molecule has 2 aromatic rings. The maximum absolute atomic E-state index is 12.7. The zero-order valence-corrected chi connectivity index (χ0v) is 18.2. The Morgan fingerprint density at radius 1 is 1.10 bits per heavy atom. The molecule has 8 heteroatoms. The maximum atomic E-state index is 12.7. The summed E-state index contributed by atoms with van der Waals surface area (Å²) in [6.45, 7) is 6.19. The first-order chi connectivity index (χ1) is 13.6. The van der Waals surface area contributed by atoms with Gasteiger partial charge < -0.3 is 15.8 Å². The molecule has 0 atom stereocenters. The smallest absolute Gasteiger partial charge is 0.241 e. The zero-order chi connectivity index (χ0) is 21.5. The molecule has 158 valence electrons. The molecule has 7 nitrogen and oxygen atoms in total. The largest absolute Gasteiger partial charge is 0.497 e. The van der Waals surface area contributed by atoms with Crippen molar-refractivity contribution >= 4 is 16.0 Å². The van der Waals surface area contributed by atoms with Crippen LogP contribution in [0, 0.1) is 0 Å². The summed E-state index contributed by atoms with van der Waals surface area (Å²) >= 11 is 0. The van der Waals surface area contributed by atoms with E-state index in [0.29, 0.717) is 12.1 Å². The summed E-state index contributed by atoms with van der Waals surface area (Å²) in [6.07, 6.45) is 0.778. The Morgan fingerprint density at radius 3 is 2.38 bits per heavy atom. The van der Waals surface area contributed by atoms with Crippen molar-refractivity contribution in [3.8, 4) is 5.75 Å². The Balaban J connectivity index is 1.98. The quantitative estimate of drug-likeness (QED) is 0.451. The molecule has 0 saturated heterocycles. The lowest BCUT2D eigenvalue weighted by atomic mass is 10.1. The highest BCUT2D eigenvalue weighted by atomic mass is 32.2. The number of hydrogen-bond acceptors (Lipinski definition) is 4. The Bertz CT molecular complexity index is 933. The average molecular weight is 419 g/mol. The predicted octanol–water partition coefficient (Wildman–Crippen LogP) is 2.42. The van der Waals surface area contributed by atoms with Crippen LogP contribution in [0.4, 0.5) is 0 Å². The lowest BCUT2D eigenvalue weighted by molar-refractivity contribution is 0.414. The van der Waals surface area contributed by atoms with Crippen molar-refractivity contribution in [3.05, 3.63) is 59.7 Å². The van der Waals surface area contributed by atoms with Gasteiger partial charge in [0.05, 0.1) is 18.6 Å². The summed E-state index contributed by atoms with van der Waals surface area (Å²) in [5, 5.41) is 3.06. The van der Waals surface area contributed by atoms with Gasteiger partial charge in [-0.3, -0.25) is 0 Å². The Labute approximate surface area is 173 Å². The molecule has 0 fully saturated rings. The molecule has 0 aliphatic rings. The summed E-state index contributed by atoms with van der Waals surface area (Å²) in [7, 11) is -2.01. The molecule has 2 rings (SSSR count). The third-order valence-corrected chi connectivity index (χ3v) is 5.86. The maximum Gasteiger partial charge on any atom is 0.241 e. The number of benzene rings is 2. The summed E-state index contributed by atoms with van der Waals surface area (Å²) in [4.78, 5) is 4.51. The van der Waals surface area contributed by atoms with Crippen LogP contribution in [-0.2, 0) is 23.0 Å². The minimum absolute atomic E-state index is 0.169. The third-order valence-electron chi connectivity index (χ3n) is 4.00. The van der Waals surface area contributed by atoms with Crippen molar-refractivity contribution in [1.29, 1.82) is 0 Å². The fourth-order valence-electron chi connectivity index (χ4n) is 2.71. The monoisotopic (exact) mass is 418 g/mol. The van der Waals surface area contributed by atoms with Crippen LogP contribution in [0.5, 0.6) is 5.75 Å². The highest BCUT2D eigenvalue weighted by Crippen LogP contribution is 2.18. The molecule has 0 amide bonds. The number of ether oxygens (including phenoxy) is 1. The van der Waals surface area contributed by atoms with Gasteiger partial charge in [0.1, 0.15) is 5.75 Å². The van der Waals surface area contributed by atoms with Gasteiger partial charge in [0.25, 0.3) is 0 Å². The number of sulfonamides is 1. The van der Waals surface area contributed by atoms with Crippen molar-refractivity contribution in [3.63, 3.8) is 0 Å². The Hall–Kier alpha value is -2.58. The number of nitrogens with two attached hydrogens (primary N) is 1. The predicted molar refractivity (Wildman–Crippen MR) is 117 cm³/mol. The fraction of sp³-hybridized carbons (Fsp3) is 0.381. The number of nitrogens with zero attached hydrogens (tertiary/aromatic N) is 1. The first kappa shape index (κ1) is 22.7. The van der Waals surface area contributed by atoms with Gasteiger partial charge in [-0.1, -0.05) is 30.3 Å². The fourth-order valence-corrected chi connectivity index (χ4v) is 4.36. The Morgan fingerprint density at radius 2 is 1.76 bits per heavy atom. The molecule has 29 heavy (non-hydrogen) atoms. The topological polar surface area (TPSA) is 106 Å². The van der Waals surface area contributed by atoms with Crippen LogP contribution in [0.1, 0.15) is 31.9 Å². The van der Waals surface area contributed by atoms with Crippen LogP contribution < -0.4 is 20.5 Å². The van der Waals surface area contributed by atoms with E-state index in [-0.39, 0.29) is 17.4 Å². The average Bonchev–Trinajstić information content (AvgIpc) is 2.65. The number of aliphatic imine (C=N–C) groups is 1. The zero-order valence-electron chi connectivity index (χ0n) is 17.4. The van der Waals surface area contributed by atoms with E-state index in [0.717, 1.165) is 17.7 Å². The molecule has 0 radical (unpaired) electrons. The van der Waals surface area contributed by atoms with E-state index >= 15 is 0 Å². The lowest BCUT2D eigenvalue weighted by Gasteiger charge is -2.21. The van der Waals surface area contributed by atoms with Gasteiger partial charge in [-0.25, -0.2) is 18.1 Å². The lowest BCUT2D eigenvalue weighted by Crippen LogP contribution is -2.40. The molecule has 0 aliphatic carbocycles. The van der Waals surface area contributed by atoms with Gasteiger partial charge in [0.15, 0.2) is 5.96 Å². The van der Waals surface area contributed by atoms with E-state index in [9.17, 15) is 8.42 Å². The van der Waals surface area contributed by atoms with Crippen molar-refractivity contribution < 1.29 is 13.2 Å². The first-order valence-corrected chi connectivity index (χ1v) is 10.9. The van der Waals surface area contributed by atoms with E-state index in [1.807, 2.05) is 24.3 Å². The summed E-state index contributed by atoms with van der Waals surface area (Å²) in [5.74, 6) is 1.09. The van der Waals surface area contributed by atoms with Crippen LogP contribution in [0.15, 0.2) is 58.4 Å². The Kier molecular flexibility index (Phi) is 7.64. The van der Waals surface area contributed by atoms with Crippen molar-refractivity contribution in [1.82, 2.24) is 10.0 Å². The third kappa shape index (κ3) is 7.40. The first-order valence-electron chi connectivity index (χ1n) is 9.39. The molecule has 0 bridgehead atoms. The molecule has 2 aromatic carbocycles. The summed E-state index contributed by atoms with van der Waals surface area (Å²) in [6, 6.07) is 14.6. The number of methoxy groups -OCH3 is 1. The van der Waals surface area contributed by atoms with Crippen molar-refractivity contribution in [2.75, 3.05) is 13.7 Å². The van der Waals surface area contributed by atoms with Crippen LogP contribution >= 0.6 is 0 Å². The number of hydrogen-bond donors (Lipinski definition) is 3. The molecule has 0 unspecified atom stereocenters. The van der Waals surface area contributed by atoms with Gasteiger partial charge in [0.2, 0.25) is 10.0 Å². The highest BCUT2D eigenvalue weighted by Gasteiger charge is 2.24. The van der Waals surface area contributed by atoms with E-state index in [2.05, 4.69) is 15.0 Å². The standard InChI is InChI=1S/C21H30N4O3S/c1-21(2,3)25-29(26,27)19-8-6-5-7-17(19)15-24-20(22)23-14-13-16-9-11-18(28-4)12-10-16/h5-12,25H,13-15H2,1-4H3,(H3,22,23,24). The van der Waals surface area contributed by atoms with Gasteiger partial charge in [-0.2, -0.15) is 0 Å². The van der Waals surface area contributed by atoms with Crippen LogP contribution in [0.3, 0.4) is 0 Å². The minimum atomic E-state index is -3.65. The van der Waals surface area contributed by atoms with E-state index < -0.39 is 15.6 Å². The van der Waals surface area contributed by atoms with E-state index in [4.69, 9.17) is 10.5 Å². The number of rotatable bonds is 8. The number of guanidine groups is 1. The normalized spacial score (nSPS) is 12.6.